The average Bonchev–Trinajstić information content (AvgIpc) is 3.33. The van der Waals surface area contributed by atoms with Crippen molar-refractivity contribution < 1.29 is 51.8 Å². The maximum Gasteiger partial charge on any atom is 0.397 e. The van der Waals surface area contributed by atoms with Gasteiger partial charge in [-0.25, -0.2) is 4.18 Å². The molecule has 414 valence electrons. The molecule has 1 rings (SSSR count). The molecule has 0 aromatic carbocycles. The second kappa shape index (κ2) is 47.3. The highest BCUT2D eigenvalue weighted by Gasteiger charge is 2.48. The van der Waals surface area contributed by atoms with Gasteiger partial charge in [0.2, 0.25) is 5.91 Å². The lowest BCUT2D eigenvalue weighted by atomic mass is 9.99. The number of amides is 1. The van der Waals surface area contributed by atoms with E-state index < -0.39 is 59.9 Å². The summed E-state index contributed by atoms with van der Waals surface area (Å²) >= 11 is 0. The summed E-state index contributed by atoms with van der Waals surface area (Å²) < 4.78 is 47.9. The summed E-state index contributed by atoms with van der Waals surface area (Å²) in [6.07, 6.45) is 49.3. The van der Waals surface area contributed by atoms with E-state index in [9.17, 15) is 38.2 Å². The number of nitrogens with one attached hydrogen (secondary N) is 1. The molecule has 7 atom stereocenters. The first-order valence-corrected chi connectivity index (χ1v) is 30.6. The van der Waals surface area contributed by atoms with Gasteiger partial charge in [0, 0.05) is 6.42 Å². The Hall–Kier alpha value is -1.42. The van der Waals surface area contributed by atoms with Crippen molar-refractivity contribution in [2.75, 3.05) is 13.2 Å². The Bertz CT molecular complexity index is 1330. The van der Waals surface area contributed by atoms with Crippen LogP contribution >= 0.6 is 0 Å². The number of rotatable bonds is 51. The number of allylic oxidation sites excluding steroid dienone is 3. The summed E-state index contributed by atoms with van der Waals surface area (Å²) in [5.41, 5.74) is 0. The van der Waals surface area contributed by atoms with Crippen molar-refractivity contribution in [3.05, 3.63) is 24.3 Å². The minimum absolute atomic E-state index is 0.263. The van der Waals surface area contributed by atoms with E-state index in [4.69, 9.17) is 9.47 Å². The molecule has 1 heterocycles. The highest BCUT2D eigenvalue weighted by Crippen LogP contribution is 2.26. The van der Waals surface area contributed by atoms with Crippen molar-refractivity contribution in [2.24, 2.45) is 0 Å². The van der Waals surface area contributed by atoms with Gasteiger partial charge in [-0.1, -0.05) is 250 Å². The van der Waals surface area contributed by atoms with Crippen molar-refractivity contribution >= 4 is 16.3 Å². The fourth-order valence-electron chi connectivity index (χ4n) is 9.45. The molecule has 1 amide bonds. The van der Waals surface area contributed by atoms with E-state index in [0.29, 0.717) is 6.42 Å². The SMILES string of the molecule is CCCCCCCCCC/C=C\CCCCCCCCCC(=O)NC(COC1OC(CO)C(O)C(OS(=O)(=O)O)C1O)C(O)/C=C/CCCCCCCCCCCCCCCCCCCCCCCC. The minimum atomic E-state index is -5.09. The Morgan fingerprint density at radius 1 is 0.557 bits per heavy atom. The molecule has 0 aliphatic carbocycles. The lowest BCUT2D eigenvalue weighted by molar-refractivity contribution is -0.298. The molecule has 1 saturated heterocycles. The van der Waals surface area contributed by atoms with E-state index in [1.165, 1.54) is 205 Å². The molecule has 12 nitrogen and oxygen atoms in total. The Kier molecular flexibility index (Phi) is 45.0. The maximum atomic E-state index is 13.1. The van der Waals surface area contributed by atoms with Gasteiger partial charge < -0.3 is 35.2 Å². The zero-order chi connectivity index (χ0) is 51.2. The van der Waals surface area contributed by atoms with Gasteiger partial charge in [0.15, 0.2) is 6.29 Å². The number of ether oxygens (including phenoxy) is 2. The Labute approximate surface area is 429 Å². The molecule has 0 aromatic rings. The minimum Gasteiger partial charge on any atom is -0.394 e. The number of carbonyl (C=O) groups is 1. The third-order valence-corrected chi connectivity index (χ3v) is 14.4. The molecule has 0 aromatic heterocycles. The van der Waals surface area contributed by atoms with Crippen LogP contribution in [0.5, 0.6) is 0 Å². The standard InChI is InChI=1S/C57H109NO11S/c1-3-5-7-9-11-13-15-17-19-21-23-24-25-26-27-29-30-32-34-36-38-40-42-44-46-51(60)50(49-67-57-55(63)56(69-70(64,65)66)54(62)52(48-59)68-57)58-53(61)47-45-43-41-39-37-35-33-31-28-22-20-18-16-14-12-10-8-6-4-2/h22,28,44,46,50-52,54-57,59-60,62-63H,3-21,23-27,29-43,45,47-49H2,1-2H3,(H,58,61)(H,64,65,66)/b28-22-,46-44+. The highest BCUT2D eigenvalue weighted by molar-refractivity contribution is 7.80. The van der Waals surface area contributed by atoms with Gasteiger partial charge in [0.05, 0.1) is 25.4 Å². The van der Waals surface area contributed by atoms with E-state index >= 15 is 0 Å². The first kappa shape index (κ1) is 66.6. The van der Waals surface area contributed by atoms with Crippen LogP contribution in [-0.2, 0) is 28.9 Å². The summed E-state index contributed by atoms with van der Waals surface area (Å²) in [6, 6.07) is -0.946. The molecule has 13 heteroatoms. The van der Waals surface area contributed by atoms with Crippen LogP contribution in [0.4, 0.5) is 0 Å². The number of hydrogen-bond acceptors (Lipinski definition) is 10. The van der Waals surface area contributed by atoms with Crippen LogP contribution in [0.1, 0.15) is 277 Å². The fourth-order valence-corrected chi connectivity index (χ4v) is 9.96. The van der Waals surface area contributed by atoms with Gasteiger partial charge in [-0.3, -0.25) is 9.35 Å². The van der Waals surface area contributed by atoms with Crippen molar-refractivity contribution in [3.63, 3.8) is 0 Å². The van der Waals surface area contributed by atoms with Crippen LogP contribution in [0, 0.1) is 0 Å². The quantitative estimate of drug-likeness (QED) is 0.0193. The molecule has 6 N–H and O–H groups in total. The third kappa shape index (κ3) is 39.1. The molecule has 1 aliphatic heterocycles. The van der Waals surface area contributed by atoms with E-state index in [2.05, 4.69) is 35.5 Å². The van der Waals surface area contributed by atoms with E-state index in [0.717, 1.165) is 44.9 Å². The number of carbonyl (C=O) groups excluding carboxylic acids is 1. The summed E-state index contributed by atoms with van der Waals surface area (Å²) in [6.45, 7) is 3.43. The molecule has 70 heavy (non-hydrogen) atoms. The number of unbranched alkanes of at least 4 members (excludes halogenated alkanes) is 37. The summed E-state index contributed by atoms with van der Waals surface area (Å²) in [5, 5.41) is 45.0. The van der Waals surface area contributed by atoms with Gasteiger partial charge in [-0.2, -0.15) is 8.42 Å². The number of aliphatic hydroxyl groups is 4. The lowest BCUT2D eigenvalue weighted by Gasteiger charge is -2.41. The van der Waals surface area contributed by atoms with Gasteiger partial charge in [-0.15, -0.1) is 0 Å². The second-order valence-corrected chi connectivity index (χ2v) is 21.6. The van der Waals surface area contributed by atoms with Gasteiger partial charge in [0.1, 0.15) is 24.4 Å². The molecular formula is C57H109NO11S. The molecule has 1 fully saturated rings. The summed E-state index contributed by atoms with van der Waals surface area (Å²) in [7, 11) is -5.09. The fraction of sp³-hybridized carbons (Fsp3) is 0.912. The molecule has 0 saturated carbocycles. The van der Waals surface area contributed by atoms with Crippen molar-refractivity contribution in [1.29, 1.82) is 0 Å². The maximum absolute atomic E-state index is 13.1. The van der Waals surface area contributed by atoms with E-state index in [1.807, 2.05) is 6.08 Å². The molecule has 0 spiro atoms. The van der Waals surface area contributed by atoms with Crippen LogP contribution in [0.25, 0.3) is 0 Å². The molecular weight excluding hydrogens is 907 g/mol. The predicted octanol–water partition coefficient (Wildman–Crippen LogP) is 13.6. The summed E-state index contributed by atoms with van der Waals surface area (Å²) in [4.78, 5) is 13.1. The first-order chi connectivity index (χ1) is 34.0. The second-order valence-electron chi connectivity index (χ2n) is 20.6. The topological polar surface area (TPSA) is 192 Å². The predicted molar refractivity (Wildman–Crippen MR) is 287 cm³/mol. The first-order valence-electron chi connectivity index (χ1n) is 29.2. The number of aliphatic hydroxyl groups excluding tert-OH is 4. The third-order valence-electron chi connectivity index (χ3n) is 14.0. The molecule has 0 bridgehead atoms. The van der Waals surface area contributed by atoms with E-state index in [-0.39, 0.29) is 18.9 Å². The van der Waals surface area contributed by atoms with Crippen molar-refractivity contribution in [3.8, 4) is 0 Å². The molecule has 7 unspecified atom stereocenters. The zero-order valence-electron chi connectivity index (χ0n) is 44.9. The normalized spacial score (nSPS) is 19.7. The van der Waals surface area contributed by atoms with Gasteiger partial charge in [0.25, 0.3) is 0 Å². The van der Waals surface area contributed by atoms with Crippen molar-refractivity contribution in [1.82, 2.24) is 5.32 Å². The zero-order valence-corrected chi connectivity index (χ0v) is 45.7. The number of hydrogen-bond donors (Lipinski definition) is 6. The van der Waals surface area contributed by atoms with Crippen LogP contribution in [0.3, 0.4) is 0 Å². The van der Waals surface area contributed by atoms with Crippen LogP contribution < -0.4 is 5.32 Å². The summed E-state index contributed by atoms with van der Waals surface area (Å²) in [5.74, 6) is -0.263. The molecule has 1 aliphatic rings. The molecule has 0 radical (unpaired) electrons. The Balaban J connectivity index is 2.38. The van der Waals surface area contributed by atoms with Crippen LogP contribution in [0.2, 0.25) is 0 Å². The van der Waals surface area contributed by atoms with Crippen molar-refractivity contribution in [2.45, 2.75) is 320 Å². The van der Waals surface area contributed by atoms with Crippen LogP contribution in [-0.4, -0.2) is 95.4 Å². The lowest BCUT2D eigenvalue weighted by Crippen LogP contribution is -2.61. The Morgan fingerprint density at radius 2 is 0.914 bits per heavy atom. The Morgan fingerprint density at radius 3 is 1.29 bits per heavy atom. The van der Waals surface area contributed by atoms with Gasteiger partial charge >= 0.3 is 10.4 Å². The largest absolute Gasteiger partial charge is 0.397 e. The average molecular weight is 1020 g/mol. The highest BCUT2D eigenvalue weighted by atomic mass is 32.3. The van der Waals surface area contributed by atoms with E-state index in [1.54, 1.807) is 6.08 Å². The smallest absolute Gasteiger partial charge is 0.394 e. The monoisotopic (exact) mass is 1020 g/mol. The van der Waals surface area contributed by atoms with Crippen LogP contribution in [0.15, 0.2) is 24.3 Å². The van der Waals surface area contributed by atoms with Gasteiger partial charge in [-0.05, 0) is 44.9 Å².